The Morgan fingerprint density at radius 2 is 1.68 bits per heavy atom. The van der Waals surface area contributed by atoms with Crippen molar-refractivity contribution in [2.45, 2.75) is 44.2 Å². The topological polar surface area (TPSA) is 72.1 Å². The maximum atomic E-state index is 13.2. The molecule has 0 aliphatic heterocycles. The predicted molar refractivity (Wildman–Crippen MR) is 116 cm³/mol. The summed E-state index contributed by atoms with van der Waals surface area (Å²) in [5.41, 5.74) is 7.28. The van der Waals surface area contributed by atoms with E-state index in [1.807, 2.05) is 66.9 Å². The average Bonchev–Trinajstić information content (AvgIpc) is 3.38. The van der Waals surface area contributed by atoms with Crippen molar-refractivity contribution >= 4 is 5.91 Å². The summed E-state index contributed by atoms with van der Waals surface area (Å²) in [5, 5.41) is 9.30. The van der Waals surface area contributed by atoms with Crippen LogP contribution in [0.5, 0.6) is 0 Å². The van der Waals surface area contributed by atoms with Crippen LogP contribution in [0.15, 0.2) is 73.1 Å². The second-order valence-electron chi connectivity index (χ2n) is 8.24. The largest absolute Gasteiger partial charge is 1.00 e. The van der Waals surface area contributed by atoms with E-state index in [0.717, 1.165) is 36.2 Å². The van der Waals surface area contributed by atoms with E-state index in [4.69, 9.17) is 5.73 Å². The molecule has 0 saturated heterocycles. The van der Waals surface area contributed by atoms with Crippen LogP contribution in [0.1, 0.15) is 42.3 Å². The number of aliphatic hydroxyl groups excluding tert-OH is 1. The third-order valence-electron chi connectivity index (χ3n) is 6.80. The molecular weight excluding hydrogens is 454 g/mol. The standard InChI is InChI=1S/C25H29N3O2.BrH/c1-19-27(16-17-29)14-15-28(19)23-13-12-22(18-23)25(24(26)30,20-8-4-2-5-9-20)21-10-6-3-7-11-21;/h2-11,14-15,22-23,29H,12-13,16-18H2,1H3,(H-,26,30);1H. The zero-order valence-corrected chi connectivity index (χ0v) is 19.4. The average molecular weight is 484 g/mol. The van der Waals surface area contributed by atoms with Crippen molar-refractivity contribution in [1.29, 1.82) is 0 Å². The summed E-state index contributed by atoms with van der Waals surface area (Å²) in [7, 11) is 0. The van der Waals surface area contributed by atoms with Gasteiger partial charge in [0.05, 0.1) is 6.61 Å². The number of hydrogen-bond donors (Lipinski definition) is 2. The third-order valence-corrected chi connectivity index (χ3v) is 6.80. The van der Waals surface area contributed by atoms with Crippen molar-refractivity contribution in [2.75, 3.05) is 6.61 Å². The molecule has 3 N–H and O–H groups in total. The summed E-state index contributed by atoms with van der Waals surface area (Å²) in [6.07, 6.45) is 6.91. The predicted octanol–water partition coefficient (Wildman–Crippen LogP) is -0.107. The summed E-state index contributed by atoms with van der Waals surface area (Å²) < 4.78 is 4.36. The van der Waals surface area contributed by atoms with Crippen LogP contribution in [0.2, 0.25) is 0 Å². The maximum Gasteiger partial charge on any atom is 0.253 e. The van der Waals surface area contributed by atoms with Gasteiger partial charge in [-0.25, -0.2) is 9.13 Å². The normalized spacial score (nSPS) is 18.5. The molecule has 2 atom stereocenters. The first-order valence-corrected chi connectivity index (χ1v) is 10.7. The van der Waals surface area contributed by atoms with E-state index in [1.165, 1.54) is 0 Å². The Balaban J connectivity index is 0.00000272. The minimum absolute atomic E-state index is 0. The zero-order chi connectivity index (χ0) is 21.1. The van der Waals surface area contributed by atoms with Gasteiger partial charge in [-0.1, -0.05) is 60.7 Å². The number of imidazole rings is 1. The first kappa shape index (κ1) is 23.2. The molecule has 0 radical (unpaired) electrons. The fraction of sp³-hybridized carbons (Fsp3) is 0.360. The lowest BCUT2D eigenvalue weighted by Crippen LogP contribution is -3.00. The van der Waals surface area contributed by atoms with E-state index < -0.39 is 5.41 Å². The van der Waals surface area contributed by atoms with Gasteiger partial charge in [0, 0.05) is 6.92 Å². The van der Waals surface area contributed by atoms with Gasteiger partial charge in [0.2, 0.25) is 5.91 Å². The molecule has 4 rings (SSSR count). The monoisotopic (exact) mass is 483 g/mol. The highest BCUT2D eigenvalue weighted by Gasteiger charge is 2.51. The third kappa shape index (κ3) is 4.06. The van der Waals surface area contributed by atoms with Crippen LogP contribution in [0.3, 0.4) is 0 Å². The molecule has 6 heteroatoms. The number of nitrogens with zero attached hydrogens (tertiary/aromatic N) is 2. The molecule has 1 fully saturated rings. The molecule has 2 unspecified atom stereocenters. The Hall–Kier alpha value is -2.44. The van der Waals surface area contributed by atoms with Crippen LogP contribution >= 0.6 is 0 Å². The van der Waals surface area contributed by atoms with E-state index in [0.29, 0.717) is 12.6 Å². The fourth-order valence-electron chi connectivity index (χ4n) is 5.38. The second-order valence-corrected chi connectivity index (χ2v) is 8.24. The lowest BCUT2D eigenvalue weighted by Gasteiger charge is -2.37. The van der Waals surface area contributed by atoms with Gasteiger partial charge in [-0.3, -0.25) is 4.79 Å². The molecule has 1 amide bonds. The quantitative estimate of drug-likeness (QED) is 0.460. The smallest absolute Gasteiger partial charge is 0.253 e. The van der Waals surface area contributed by atoms with Gasteiger partial charge in [-0.05, 0) is 36.3 Å². The van der Waals surface area contributed by atoms with Crippen molar-refractivity contribution in [1.82, 2.24) is 4.57 Å². The number of nitrogens with two attached hydrogens (primary N) is 1. The van der Waals surface area contributed by atoms with Gasteiger partial charge >= 0.3 is 0 Å². The summed E-state index contributed by atoms with van der Waals surface area (Å²) in [6.45, 7) is 2.79. The van der Waals surface area contributed by atoms with Crippen molar-refractivity contribution in [2.24, 2.45) is 11.7 Å². The van der Waals surface area contributed by atoms with Gasteiger partial charge in [-0.15, -0.1) is 0 Å². The van der Waals surface area contributed by atoms with E-state index in [-0.39, 0.29) is 35.4 Å². The van der Waals surface area contributed by atoms with Gasteiger partial charge in [-0.2, -0.15) is 0 Å². The number of carbonyl (C=O) groups is 1. The molecule has 164 valence electrons. The lowest BCUT2D eigenvalue weighted by molar-refractivity contribution is -0.703. The number of amides is 1. The van der Waals surface area contributed by atoms with Gasteiger partial charge in [0.15, 0.2) is 0 Å². The number of aliphatic hydroxyl groups is 1. The molecule has 31 heavy (non-hydrogen) atoms. The Bertz CT molecular complexity index is 965. The highest BCUT2D eigenvalue weighted by atomic mass is 79.9. The maximum absolute atomic E-state index is 13.2. The van der Waals surface area contributed by atoms with Crippen LogP contribution in [-0.4, -0.2) is 22.2 Å². The molecule has 0 bridgehead atoms. The molecule has 0 spiro atoms. The van der Waals surface area contributed by atoms with Crippen LogP contribution in [0.4, 0.5) is 0 Å². The van der Waals surface area contributed by atoms with Gasteiger partial charge in [0.25, 0.3) is 5.82 Å². The summed E-state index contributed by atoms with van der Waals surface area (Å²) >= 11 is 0. The number of hydrogen-bond acceptors (Lipinski definition) is 2. The molecule has 5 nitrogen and oxygen atoms in total. The van der Waals surface area contributed by atoms with Crippen molar-refractivity contribution in [3.05, 3.63) is 90.0 Å². The molecule has 1 saturated carbocycles. The molecule has 1 aromatic heterocycles. The zero-order valence-electron chi connectivity index (χ0n) is 17.8. The SMILES string of the molecule is Cc1n(C2CCC(C(C(N)=O)(c3ccccc3)c3ccccc3)C2)cc[n+]1CCO.[Br-]. The summed E-state index contributed by atoms with van der Waals surface area (Å²) in [5.74, 6) is 0.946. The molecular formula is C25H30BrN3O2. The highest BCUT2D eigenvalue weighted by Crippen LogP contribution is 2.49. The molecule has 2 aromatic carbocycles. The summed E-state index contributed by atoms with van der Waals surface area (Å²) in [6, 6.07) is 20.3. The number of rotatable bonds is 7. The number of halogens is 1. The van der Waals surface area contributed by atoms with E-state index >= 15 is 0 Å². The second kappa shape index (κ2) is 9.79. The van der Waals surface area contributed by atoms with E-state index in [9.17, 15) is 9.90 Å². The van der Waals surface area contributed by atoms with Crippen molar-refractivity contribution in [3.63, 3.8) is 0 Å². The number of aromatic nitrogens is 2. The molecule has 1 aliphatic carbocycles. The first-order chi connectivity index (χ1) is 14.6. The Morgan fingerprint density at radius 1 is 1.10 bits per heavy atom. The van der Waals surface area contributed by atoms with Crippen molar-refractivity contribution in [3.8, 4) is 0 Å². The minimum Gasteiger partial charge on any atom is -1.00 e. The minimum atomic E-state index is -0.848. The van der Waals surface area contributed by atoms with Crippen LogP contribution in [-0.2, 0) is 16.8 Å². The molecule has 1 aliphatic rings. The Kier molecular flexibility index (Phi) is 7.34. The van der Waals surface area contributed by atoms with E-state index in [2.05, 4.69) is 22.3 Å². The van der Waals surface area contributed by atoms with Crippen LogP contribution < -0.4 is 27.3 Å². The Morgan fingerprint density at radius 3 is 2.19 bits per heavy atom. The summed E-state index contributed by atoms with van der Waals surface area (Å²) in [4.78, 5) is 13.2. The molecule has 1 heterocycles. The van der Waals surface area contributed by atoms with Gasteiger partial charge < -0.3 is 27.8 Å². The molecule has 3 aromatic rings. The van der Waals surface area contributed by atoms with Crippen LogP contribution in [0, 0.1) is 12.8 Å². The number of benzene rings is 2. The van der Waals surface area contributed by atoms with Crippen LogP contribution in [0.25, 0.3) is 0 Å². The number of carbonyl (C=O) groups excluding carboxylic acids is 1. The van der Waals surface area contributed by atoms with E-state index in [1.54, 1.807) is 0 Å². The van der Waals surface area contributed by atoms with Gasteiger partial charge in [0.1, 0.15) is 30.4 Å². The fourth-order valence-corrected chi connectivity index (χ4v) is 5.38. The Labute approximate surface area is 194 Å². The lowest BCUT2D eigenvalue weighted by atomic mass is 9.64. The number of primary amides is 1. The van der Waals surface area contributed by atoms with Crippen molar-refractivity contribution < 1.29 is 31.4 Å². The highest BCUT2D eigenvalue weighted by molar-refractivity contribution is 5.91. The first-order valence-electron chi connectivity index (χ1n) is 10.7.